The number of hydrogen-bond donors (Lipinski definition) is 7. The molecule has 2 saturated heterocycles. The molecule has 13 nitrogen and oxygen atoms in total. The summed E-state index contributed by atoms with van der Waals surface area (Å²) in [5.41, 5.74) is 15.9. The zero-order valence-corrected chi connectivity index (χ0v) is 20.3. The van der Waals surface area contributed by atoms with E-state index in [-0.39, 0.29) is 49.6 Å². The molecule has 0 aromatic rings. The van der Waals surface area contributed by atoms with Crippen molar-refractivity contribution in [3.63, 3.8) is 0 Å². The highest BCUT2D eigenvalue weighted by Crippen LogP contribution is 2.26. The van der Waals surface area contributed by atoms with Gasteiger partial charge in [0.15, 0.2) is 11.7 Å². The molecule has 0 spiro atoms. The number of nitrogens with zero attached hydrogens (tertiary/aromatic N) is 1. The van der Waals surface area contributed by atoms with Crippen LogP contribution in [-0.2, 0) is 24.0 Å². The molecule has 10 N–H and O–H groups in total. The number of piperidine rings is 1. The standard InChI is InChI=1S/C22H38N8O5/c1-3-4-6-14-20(34)30-16(10-27-14)17(31)12-9-15(29-19(33)11(12)2)21(35)28-13(18(23)32)7-5-8-26-22(24)25/h11-16,27H,3-10H2,1-2H3,(H2,23,32)(H,28,35)(H,29,33)(H,30,34)(H4,24,25,26)/t11-,12?,13+,14+,15-,16-/m1/s1. The first-order chi connectivity index (χ1) is 16.5. The third-order valence-electron chi connectivity index (χ3n) is 6.50. The van der Waals surface area contributed by atoms with Gasteiger partial charge < -0.3 is 38.5 Å². The summed E-state index contributed by atoms with van der Waals surface area (Å²) in [5, 5.41) is 11.0. The summed E-state index contributed by atoms with van der Waals surface area (Å²) in [6, 6.07) is -3.13. The van der Waals surface area contributed by atoms with E-state index in [2.05, 4.69) is 26.3 Å². The maximum absolute atomic E-state index is 13.2. The zero-order valence-electron chi connectivity index (χ0n) is 20.3. The van der Waals surface area contributed by atoms with Gasteiger partial charge in [0.05, 0.1) is 6.04 Å². The number of amides is 4. The number of nitrogens with one attached hydrogen (secondary N) is 4. The van der Waals surface area contributed by atoms with Crippen LogP contribution in [0.1, 0.15) is 52.4 Å². The number of piperazine rings is 1. The molecule has 2 heterocycles. The molecule has 2 aliphatic rings. The molecule has 2 fully saturated rings. The van der Waals surface area contributed by atoms with Gasteiger partial charge in [0, 0.05) is 24.9 Å². The van der Waals surface area contributed by atoms with Crippen LogP contribution >= 0.6 is 0 Å². The minimum absolute atomic E-state index is 0.0443. The van der Waals surface area contributed by atoms with Gasteiger partial charge in [-0.1, -0.05) is 26.7 Å². The number of rotatable bonds is 12. The second kappa shape index (κ2) is 13.0. The van der Waals surface area contributed by atoms with Crippen molar-refractivity contribution in [1.29, 1.82) is 0 Å². The van der Waals surface area contributed by atoms with Crippen molar-refractivity contribution in [3.05, 3.63) is 0 Å². The average Bonchev–Trinajstić information content (AvgIpc) is 2.80. The second-order valence-corrected chi connectivity index (χ2v) is 9.17. The first-order valence-corrected chi connectivity index (χ1v) is 12.1. The van der Waals surface area contributed by atoms with E-state index in [0.29, 0.717) is 12.8 Å². The highest BCUT2D eigenvalue weighted by atomic mass is 16.2. The predicted octanol–water partition coefficient (Wildman–Crippen LogP) is -2.63. The SMILES string of the molecule is CCCC[C@@H]1NC[C@H](C(=O)C2C[C@H](C(=O)N[C@@H](CCCN=C(N)N)C(N)=O)NC(=O)[C@@H]2C)NC1=O. The molecule has 0 radical (unpaired) electrons. The summed E-state index contributed by atoms with van der Waals surface area (Å²) in [7, 11) is 0. The largest absolute Gasteiger partial charge is 0.370 e. The van der Waals surface area contributed by atoms with Crippen LogP contribution in [0.15, 0.2) is 4.99 Å². The Kier molecular flexibility index (Phi) is 10.4. The van der Waals surface area contributed by atoms with Gasteiger partial charge in [-0.15, -0.1) is 0 Å². The average molecular weight is 495 g/mol. The number of hydrogen-bond acceptors (Lipinski definition) is 7. The van der Waals surface area contributed by atoms with Crippen LogP contribution in [0.25, 0.3) is 0 Å². The van der Waals surface area contributed by atoms with E-state index in [9.17, 15) is 24.0 Å². The fraction of sp³-hybridized carbons (Fsp3) is 0.727. The lowest BCUT2D eigenvalue weighted by Crippen LogP contribution is -2.64. The van der Waals surface area contributed by atoms with Crippen LogP contribution in [0.2, 0.25) is 0 Å². The van der Waals surface area contributed by atoms with Crippen molar-refractivity contribution in [2.45, 2.75) is 76.5 Å². The van der Waals surface area contributed by atoms with Gasteiger partial charge in [-0.25, -0.2) is 0 Å². The van der Waals surface area contributed by atoms with E-state index < -0.39 is 47.7 Å². The molecule has 0 aromatic heterocycles. The lowest BCUT2D eigenvalue weighted by Gasteiger charge is -2.37. The van der Waals surface area contributed by atoms with Crippen molar-refractivity contribution in [2.75, 3.05) is 13.1 Å². The van der Waals surface area contributed by atoms with E-state index in [1.54, 1.807) is 6.92 Å². The minimum atomic E-state index is -1.02. The van der Waals surface area contributed by atoms with Crippen LogP contribution in [0.4, 0.5) is 0 Å². The molecular weight excluding hydrogens is 456 g/mol. The van der Waals surface area contributed by atoms with Crippen molar-refractivity contribution >= 4 is 35.4 Å². The first-order valence-electron chi connectivity index (χ1n) is 12.1. The van der Waals surface area contributed by atoms with E-state index >= 15 is 0 Å². The maximum Gasteiger partial charge on any atom is 0.243 e. The van der Waals surface area contributed by atoms with Crippen molar-refractivity contribution in [2.24, 2.45) is 34.0 Å². The van der Waals surface area contributed by atoms with Gasteiger partial charge in [-0.3, -0.25) is 29.0 Å². The molecule has 35 heavy (non-hydrogen) atoms. The lowest BCUT2D eigenvalue weighted by atomic mass is 9.78. The second-order valence-electron chi connectivity index (χ2n) is 9.17. The smallest absolute Gasteiger partial charge is 0.243 e. The summed E-state index contributed by atoms with van der Waals surface area (Å²) in [5.74, 6) is -3.87. The number of unbranched alkanes of at least 4 members (excludes halogenated alkanes) is 1. The van der Waals surface area contributed by atoms with Crippen LogP contribution in [0.5, 0.6) is 0 Å². The Morgan fingerprint density at radius 3 is 2.37 bits per heavy atom. The highest BCUT2D eigenvalue weighted by Gasteiger charge is 2.44. The van der Waals surface area contributed by atoms with Gasteiger partial charge >= 0.3 is 0 Å². The minimum Gasteiger partial charge on any atom is -0.370 e. The number of ketones is 1. The molecule has 0 bridgehead atoms. The molecule has 2 aliphatic heterocycles. The highest BCUT2D eigenvalue weighted by molar-refractivity contribution is 5.99. The monoisotopic (exact) mass is 494 g/mol. The van der Waals surface area contributed by atoms with E-state index in [1.807, 2.05) is 6.92 Å². The summed E-state index contributed by atoms with van der Waals surface area (Å²) in [6.07, 6.45) is 3.17. The number of carbonyl (C=O) groups is 5. The Labute approximate surface area is 204 Å². The number of Topliss-reactive ketones (excluding diaryl/α,β-unsaturated/α-hetero) is 1. The van der Waals surface area contributed by atoms with E-state index in [1.165, 1.54) is 0 Å². The summed E-state index contributed by atoms with van der Waals surface area (Å²) < 4.78 is 0. The van der Waals surface area contributed by atoms with Gasteiger partial charge in [0.25, 0.3) is 0 Å². The number of carbonyl (C=O) groups excluding carboxylic acids is 5. The Hall–Kier alpha value is -3.22. The number of guanidine groups is 1. The number of nitrogens with two attached hydrogens (primary N) is 3. The fourth-order valence-electron chi connectivity index (χ4n) is 4.35. The summed E-state index contributed by atoms with van der Waals surface area (Å²) in [4.78, 5) is 66.7. The molecular formula is C22H38N8O5. The maximum atomic E-state index is 13.2. The third-order valence-corrected chi connectivity index (χ3v) is 6.50. The Bertz CT molecular complexity index is 844. The molecule has 0 aliphatic carbocycles. The molecule has 4 amide bonds. The quantitative estimate of drug-likeness (QED) is 0.0860. The Morgan fingerprint density at radius 1 is 1.09 bits per heavy atom. The normalized spacial score (nSPS) is 27.2. The van der Waals surface area contributed by atoms with Crippen molar-refractivity contribution in [3.8, 4) is 0 Å². The van der Waals surface area contributed by atoms with Crippen LogP contribution in [0.3, 0.4) is 0 Å². The van der Waals surface area contributed by atoms with Gasteiger partial charge in [0.1, 0.15) is 18.1 Å². The van der Waals surface area contributed by atoms with E-state index in [4.69, 9.17) is 17.2 Å². The van der Waals surface area contributed by atoms with Gasteiger partial charge in [-0.2, -0.15) is 0 Å². The molecule has 13 heteroatoms. The fourth-order valence-corrected chi connectivity index (χ4v) is 4.35. The van der Waals surface area contributed by atoms with Gasteiger partial charge in [0.2, 0.25) is 23.6 Å². The van der Waals surface area contributed by atoms with E-state index in [0.717, 1.165) is 12.8 Å². The van der Waals surface area contributed by atoms with Crippen molar-refractivity contribution < 1.29 is 24.0 Å². The summed E-state index contributed by atoms with van der Waals surface area (Å²) in [6.45, 7) is 4.18. The molecule has 1 unspecified atom stereocenters. The molecule has 0 saturated carbocycles. The number of aliphatic imine (C=N–C) groups is 1. The molecule has 2 rings (SSSR count). The first kappa shape index (κ1) is 28.0. The zero-order chi connectivity index (χ0) is 26.1. The van der Waals surface area contributed by atoms with Crippen LogP contribution in [-0.4, -0.2) is 72.6 Å². The lowest BCUT2D eigenvalue weighted by molar-refractivity contribution is -0.143. The Morgan fingerprint density at radius 2 is 1.77 bits per heavy atom. The van der Waals surface area contributed by atoms with Gasteiger partial charge in [-0.05, 0) is 25.7 Å². The van der Waals surface area contributed by atoms with Crippen LogP contribution in [0, 0.1) is 11.8 Å². The topological polar surface area (TPSA) is 224 Å². The summed E-state index contributed by atoms with van der Waals surface area (Å²) >= 11 is 0. The van der Waals surface area contributed by atoms with Crippen molar-refractivity contribution in [1.82, 2.24) is 21.3 Å². The predicted molar refractivity (Wildman–Crippen MR) is 128 cm³/mol. The Balaban J connectivity index is 2.00. The number of primary amides is 1. The molecule has 0 aromatic carbocycles. The van der Waals surface area contributed by atoms with Crippen LogP contribution < -0.4 is 38.5 Å². The third kappa shape index (κ3) is 7.91. The molecule has 6 atom stereocenters. The molecule has 196 valence electrons.